The zero-order valence-electron chi connectivity index (χ0n) is 19.3. The summed E-state index contributed by atoms with van der Waals surface area (Å²) in [5.74, 6) is 1.79. The second kappa shape index (κ2) is 12.9. The molecule has 0 aliphatic heterocycles. The summed E-state index contributed by atoms with van der Waals surface area (Å²) in [5, 5.41) is 8.84. The van der Waals surface area contributed by atoms with E-state index in [1.807, 2.05) is 30.3 Å². The van der Waals surface area contributed by atoms with Crippen LogP contribution in [0.25, 0.3) is 0 Å². The van der Waals surface area contributed by atoms with Crippen LogP contribution in [0, 0.1) is 23.2 Å². The number of nitrogens with zero attached hydrogens (tertiary/aromatic N) is 1. The Balaban J connectivity index is 1.37. The lowest BCUT2D eigenvalue weighted by Crippen LogP contribution is -2.13. The Bertz CT molecular complexity index is 898. The highest BCUT2D eigenvalue weighted by Crippen LogP contribution is 2.32. The number of allylic oxidation sites excluding steroid dienone is 2. The summed E-state index contributed by atoms with van der Waals surface area (Å²) < 4.78 is 5.38. The molecule has 0 heterocycles. The van der Waals surface area contributed by atoms with Crippen LogP contribution in [0.1, 0.15) is 86.2 Å². The van der Waals surface area contributed by atoms with Crippen molar-refractivity contribution >= 4 is 5.97 Å². The van der Waals surface area contributed by atoms with Crippen molar-refractivity contribution in [2.24, 2.45) is 11.8 Å². The highest BCUT2D eigenvalue weighted by atomic mass is 16.5. The summed E-state index contributed by atoms with van der Waals surface area (Å²) in [7, 11) is 0. The Hall–Kier alpha value is -2.86. The third-order valence-corrected chi connectivity index (χ3v) is 6.50. The molecular formula is C29H35NO2. The number of unbranched alkanes of at least 4 members (excludes halogenated alkanes) is 2. The number of hydrogen-bond donors (Lipinski definition) is 0. The zero-order valence-corrected chi connectivity index (χ0v) is 19.3. The number of aryl methyl sites for hydroxylation is 1. The van der Waals surface area contributed by atoms with Gasteiger partial charge < -0.3 is 4.74 Å². The van der Waals surface area contributed by atoms with Crippen molar-refractivity contribution in [1.29, 1.82) is 5.26 Å². The molecule has 0 aromatic heterocycles. The van der Waals surface area contributed by atoms with Crippen molar-refractivity contribution in [3.63, 3.8) is 0 Å². The van der Waals surface area contributed by atoms with E-state index in [4.69, 9.17) is 10.00 Å². The van der Waals surface area contributed by atoms with Crippen LogP contribution >= 0.6 is 0 Å². The lowest BCUT2D eigenvalue weighted by molar-refractivity contribution is 0.0734. The maximum absolute atomic E-state index is 12.3. The largest absolute Gasteiger partial charge is 0.423 e. The number of ether oxygens (including phenoxy) is 1. The Morgan fingerprint density at radius 2 is 1.75 bits per heavy atom. The van der Waals surface area contributed by atoms with Crippen LogP contribution in [0.2, 0.25) is 0 Å². The maximum Gasteiger partial charge on any atom is 0.343 e. The van der Waals surface area contributed by atoms with Gasteiger partial charge in [-0.2, -0.15) is 5.26 Å². The SMILES string of the molecule is CCCCC[C@H]1CC[C@H](C=CCCc2ccc(C(=O)Oc3ccc(C#N)cc3)cc2)CC1. The van der Waals surface area contributed by atoms with Gasteiger partial charge in [0.25, 0.3) is 0 Å². The first kappa shape index (κ1) is 23.8. The van der Waals surface area contributed by atoms with E-state index < -0.39 is 0 Å². The average Bonchev–Trinajstić information content (AvgIpc) is 2.84. The molecule has 1 aliphatic carbocycles. The quantitative estimate of drug-likeness (QED) is 0.169. The number of benzene rings is 2. The van der Waals surface area contributed by atoms with Gasteiger partial charge in [-0.25, -0.2) is 4.79 Å². The minimum absolute atomic E-state index is 0.383. The molecule has 3 rings (SSSR count). The smallest absolute Gasteiger partial charge is 0.343 e. The molecule has 2 aromatic carbocycles. The maximum atomic E-state index is 12.3. The molecule has 1 fully saturated rings. The summed E-state index contributed by atoms with van der Waals surface area (Å²) in [5.41, 5.74) is 2.30. The first-order valence-corrected chi connectivity index (χ1v) is 12.2. The highest BCUT2D eigenvalue weighted by Gasteiger charge is 2.18. The van der Waals surface area contributed by atoms with E-state index in [0.29, 0.717) is 16.9 Å². The molecule has 3 heteroatoms. The molecule has 0 spiro atoms. The van der Waals surface area contributed by atoms with Gasteiger partial charge in [-0.05, 0) is 92.3 Å². The predicted octanol–water partition coefficient (Wildman–Crippen LogP) is 7.65. The van der Waals surface area contributed by atoms with Crippen LogP contribution in [0.4, 0.5) is 0 Å². The van der Waals surface area contributed by atoms with E-state index in [2.05, 4.69) is 19.1 Å². The fourth-order valence-corrected chi connectivity index (χ4v) is 4.46. The Morgan fingerprint density at radius 1 is 1.03 bits per heavy atom. The van der Waals surface area contributed by atoms with Crippen LogP contribution in [0.3, 0.4) is 0 Å². The van der Waals surface area contributed by atoms with E-state index in [1.54, 1.807) is 24.3 Å². The third kappa shape index (κ3) is 7.68. The molecule has 2 aromatic rings. The Labute approximate surface area is 193 Å². The Morgan fingerprint density at radius 3 is 2.41 bits per heavy atom. The molecule has 0 unspecified atom stereocenters. The van der Waals surface area contributed by atoms with Gasteiger partial charge in [0, 0.05) is 0 Å². The van der Waals surface area contributed by atoms with Gasteiger partial charge in [0.1, 0.15) is 5.75 Å². The van der Waals surface area contributed by atoms with Crippen LogP contribution < -0.4 is 4.74 Å². The van der Waals surface area contributed by atoms with Gasteiger partial charge in [-0.3, -0.25) is 0 Å². The molecule has 3 nitrogen and oxygen atoms in total. The van der Waals surface area contributed by atoms with Crippen molar-refractivity contribution in [2.75, 3.05) is 0 Å². The van der Waals surface area contributed by atoms with Crippen molar-refractivity contribution < 1.29 is 9.53 Å². The number of esters is 1. The topological polar surface area (TPSA) is 50.1 Å². The molecule has 0 atom stereocenters. The van der Waals surface area contributed by atoms with Gasteiger partial charge in [-0.15, -0.1) is 0 Å². The van der Waals surface area contributed by atoms with Crippen LogP contribution in [0.15, 0.2) is 60.7 Å². The molecule has 0 radical (unpaired) electrons. The summed E-state index contributed by atoms with van der Waals surface area (Å²) in [6, 6.07) is 16.3. The van der Waals surface area contributed by atoms with Crippen LogP contribution in [0.5, 0.6) is 5.75 Å². The van der Waals surface area contributed by atoms with Crippen molar-refractivity contribution in [3.05, 3.63) is 77.4 Å². The summed E-state index contributed by atoms with van der Waals surface area (Å²) >= 11 is 0. The summed E-state index contributed by atoms with van der Waals surface area (Å²) in [4.78, 5) is 12.3. The zero-order chi connectivity index (χ0) is 22.6. The third-order valence-electron chi connectivity index (χ3n) is 6.50. The van der Waals surface area contributed by atoms with Gasteiger partial charge in [0.15, 0.2) is 0 Å². The number of carbonyl (C=O) groups is 1. The van der Waals surface area contributed by atoms with Crippen molar-refractivity contribution in [2.45, 2.75) is 71.1 Å². The fourth-order valence-electron chi connectivity index (χ4n) is 4.46. The lowest BCUT2D eigenvalue weighted by Gasteiger charge is -2.26. The monoisotopic (exact) mass is 429 g/mol. The fraction of sp³-hybridized carbons (Fsp3) is 0.448. The molecule has 1 saturated carbocycles. The van der Waals surface area contributed by atoms with E-state index >= 15 is 0 Å². The first-order chi connectivity index (χ1) is 15.7. The summed E-state index contributed by atoms with van der Waals surface area (Å²) in [6.45, 7) is 2.28. The van der Waals surface area contributed by atoms with E-state index in [1.165, 1.54) is 56.9 Å². The average molecular weight is 430 g/mol. The first-order valence-electron chi connectivity index (χ1n) is 12.2. The van der Waals surface area contributed by atoms with Gasteiger partial charge in [-0.1, -0.05) is 56.9 Å². The van der Waals surface area contributed by atoms with Crippen LogP contribution in [-0.2, 0) is 6.42 Å². The second-order valence-corrected chi connectivity index (χ2v) is 8.97. The number of nitriles is 1. The van der Waals surface area contributed by atoms with Gasteiger partial charge >= 0.3 is 5.97 Å². The predicted molar refractivity (Wildman–Crippen MR) is 130 cm³/mol. The molecule has 0 bridgehead atoms. The second-order valence-electron chi connectivity index (χ2n) is 8.97. The molecule has 32 heavy (non-hydrogen) atoms. The molecule has 1 aliphatic rings. The molecule has 0 amide bonds. The number of carbonyl (C=O) groups excluding carboxylic acids is 1. The van der Waals surface area contributed by atoms with Gasteiger partial charge in [0.05, 0.1) is 17.2 Å². The van der Waals surface area contributed by atoms with E-state index in [0.717, 1.165) is 24.7 Å². The molecule has 0 N–H and O–H groups in total. The molecular weight excluding hydrogens is 394 g/mol. The molecule has 168 valence electrons. The van der Waals surface area contributed by atoms with E-state index in [-0.39, 0.29) is 5.97 Å². The standard InChI is InChI=1S/C29H35NO2/c1-2-3-4-7-23-10-12-24(13-11-23)8-5-6-9-25-14-18-27(19-15-25)29(31)32-28-20-16-26(22-30)17-21-28/h5,8,14-21,23-24H,2-4,6-7,9-13H2,1H3/t23-,24-. The normalized spacial score (nSPS) is 18.4. The van der Waals surface area contributed by atoms with E-state index in [9.17, 15) is 4.79 Å². The number of hydrogen-bond acceptors (Lipinski definition) is 3. The van der Waals surface area contributed by atoms with Crippen molar-refractivity contribution in [1.82, 2.24) is 0 Å². The highest BCUT2D eigenvalue weighted by molar-refractivity contribution is 5.91. The Kier molecular flexibility index (Phi) is 9.57. The number of rotatable bonds is 10. The molecule has 0 saturated heterocycles. The van der Waals surface area contributed by atoms with Gasteiger partial charge in [0.2, 0.25) is 0 Å². The minimum Gasteiger partial charge on any atom is -0.423 e. The lowest BCUT2D eigenvalue weighted by atomic mass is 9.79. The van der Waals surface area contributed by atoms with Crippen LogP contribution in [-0.4, -0.2) is 5.97 Å². The summed E-state index contributed by atoms with van der Waals surface area (Å²) in [6.07, 6.45) is 17.8. The minimum atomic E-state index is -0.383. The van der Waals surface area contributed by atoms with Crippen molar-refractivity contribution in [3.8, 4) is 11.8 Å².